The first kappa shape index (κ1) is 13.0. The van der Waals surface area contributed by atoms with Crippen LogP contribution in [0.2, 0.25) is 0 Å². The van der Waals surface area contributed by atoms with Crippen LogP contribution in [-0.2, 0) is 0 Å². The van der Waals surface area contributed by atoms with Gasteiger partial charge in [-0.2, -0.15) is 0 Å². The summed E-state index contributed by atoms with van der Waals surface area (Å²) in [6, 6.07) is 6.83. The third kappa shape index (κ3) is 2.27. The number of alkyl halides is 1. The number of piperidine rings is 1. The quantitative estimate of drug-likeness (QED) is 0.717. The number of carbonyl (C=O) groups is 1. The van der Waals surface area contributed by atoms with Gasteiger partial charge in [0.05, 0.1) is 0 Å². The first-order valence-corrected chi connectivity index (χ1v) is 7.54. The predicted octanol–water partition coefficient (Wildman–Crippen LogP) is 3.68. The average molecular weight is 278 g/mol. The lowest BCUT2D eigenvalue weighted by Gasteiger charge is -2.37. The maximum atomic E-state index is 12.8. The minimum atomic E-state index is 0.206. The molecule has 2 bridgehead atoms. The molecule has 0 aliphatic carbocycles. The minimum Gasteiger partial charge on any atom is -0.333 e. The minimum absolute atomic E-state index is 0.206. The van der Waals surface area contributed by atoms with Gasteiger partial charge in [0, 0.05) is 23.0 Å². The maximum absolute atomic E-state index is 12.8. The van der Waals surface area contributed by atoms with Crippen LogP contribution in [0.4, 0.5) is 0 Å². The van der Waals surface area contributed by atoms with E-state index in [0.29, 0.717) is 12.1 Å². The third-order valence-electron chi connectivity index (χ3n) is 4.53. The van der Waals surface area contributed by atoms with E-state index in [0.717, 1.165) is 42.4 Å². The van der Waals surface area contributed by atoms with Gasteiger partial charge in [-0.25, -0.2) is 0 Å². The van der Waals surface area contributed by atoms with Crippen molar-refractivity contribution in [2.24, 2.45) is 0 Å². The van der Waals surface area contributed by atoms with Crippen molar-refractivity contribution >= 4 is 17.5 Å². The fraction of sp³-hybridized carbons (Fsp3) is 0.562. The first-order chi connectivity index (χ1) is 9.06. The summed E-state index contributed by atoms with van der Waals surface area (Å²) in [5.41, 5.74) is 3.08. The van der Waals surface area contributed by atoms with E-state index < -0.39 is 0 Å². The Hall–Kier alpha value is -1.02. The highest BCUT2D eigenvalue weighted by Gasteiger charge is 2.43. The number of carbonyl (C=O) groups excluding carboxylic acids is 1. The molecule has 2 aliphatic heterocycles. The summed E-state index contributed by atoms with van der Waals surface area (Å²) in [4.78, 5) is 14.9. The van der Waals surface area contributed by atoms with Crippen LogP contribution in [0.15, 0.2) is 18.2 Å². The summed E-state index contributed by atoms with van der Waals surface area (Å²) in [6.07, 6.45) is 4.14. The van der Waals surface area contributed by atoms with Crippen LogP contribution in [0.1, 0.15) is 47.2 Å². The van der Waals surface area contributed by atoms with E-state index in [-0.39, 0.29) is 11.3 Å². The fourth-order valence-corrected chi connectivity index (χ4v) is 3.96. The number of benzene rings is 1. The summed E-state index contributed by atoms with van der Waals surface area (Å²) >= 11 is 6.28. The Kier molecular flexibility index (Phi) is 3.30. The van der Waals surface area contributed by atoms with Crippen LogP contribution < -0.4 is 0 Å². The van der Waals surface area contributed by atoms with Crippen molar-refractivity contribution in [3.8, 4) is 0 Å². The summed E-state index contributed by atoms with van der Waals surface area (Å²) in [7, 11) is 0. The number of hydrogen-bond acceptors (Lipinski definition) is 1. The number of amides is 1. The smallest absolute Gasteiger partial charge is 0.254 e. The second-order valence-electron chi connectivity index (χ2n) is 5.98. The first-order valence-electron chi connectivity index (χ1n) is 7.10. The Morgan fingerprint density at radius 1 is 1.21 bits per heavy atom. The van der Waals surface area contributed by atoms with Gasteiger partial charge in [-0.1, -0.05) is 17.7 Å². The number of fused-ring (bicyclic) bond motifs is 2. The van der Waals surface area contributed by atoms with E-state index >= 15 is 0 Å². The van der Waals surface area contributed by atoms with Crippen molar-refractivity contribution in [1.82, 2.24) is 4.90 Å². The lowest BCUT2D eigenvalue weighted by molar-refractivity contribution is 0.0598. The normalized spacial score (nSPS) is 29.6. The fourth-order valence-electron chi connectivity index (χ4n) is 3.55. The van der Waals surface area contributed by atoms with E-state index in [2.05, 4.69) is 11.0 Å². The van der Waals surface area contributed by atoms with Gasteiger partial charge in [0.2, 0.25) is 0 Å². The molecule has 2 unspecified atom stereocenters. The second kappa shape index (κ2) is 4.82. The standard InChI is InChI=1S/C16H20ClNO/c1-10-3-4-11(2)15(7-10)16(19)18-13-5-6-14(18)9-12(17)8-13/h3-4,7,12-14H,5-6,8-9H2,1-2H3. The van der Waals surface area contributed by atoms with Gasteiger partial charge in [-0.15, -0.1) is 11.6 Å². The average Bonchev–Trinajstić information content (AvgIpc) is 2.64. The van der Waals surface area contributed by atoms with Crippen LogP contribution in [0.5, 0.6) is 0 Å². The van der Waals surface area contributed by atoms with Crippen LogP contribution in [0.25, 0.3) is 0 Å². The molecule has 0 radical (unpaired) electrons. The Morgan fingerprint density at radius 3 is 2.47 bits per heavy atom. The molecule has 0 saturated carbocycles. The number of aryl methyl sites for hydroxylation is 2. The van der Waals surface area contributed by atoms with E-state index in [1.54, 1.807) is 0 Å². The van der Waals surface area contributed by atoms with Gasteiger partial charge < -0.3 is 4.90 Å². The molecular formula is C16H20ClNO. The van der Waals surface area contributed by atoms with E-state index in [1.807, 2.05) is 26.0 Å². The zero-order valence-electron chi connectivity index (χ0n) is 11.5. The molecule has 0 spiro atoms. The zero-order chi connectivity index (χ0) is 13.6. The Morgan fingerprint density at radius 2 is 1.84 bits per heavy atom. The van der Waals surface area contributed by atoms with E-state index in [1.165, 1.54) is 0 Å². The molecule has 0 aromatic heterocycles. The molecule has 1 aromatic rings. The molecule has 2 saturated heterocycles. The molecule has 3 rings (SSSR count). The van der Waals surface area contributed by atoms with Crippen molar-refractivity contribution < 1.29 is 4.79 Å². The van der Waals surface area contributed by atoms with Crippen molar-refractivity contribution in [1.29, 1.82) is 0 Å². The molecule has 2 atom stereocenters. The Bertz CT molecular complexity index is 499. The molecule has 3 heteroatoms. The predicted molar refractivity (Wildman–Crippen MR) is 77.8 cm³/mol. The number of halogens is 1. The van der Waals surface area contributed by atoms with Crippen LogP contribution in [-0.4, -0.2) is 28.3 Å². The lowest BCUT2D eigenvalue weighted by atomic mass is 9.98. The number of rotatable bonds is 1. The van der Waals surface area contributed by atoms with Crippen molar-refractivity contribution in [2.45, 2.75) is 57.0 Å². The van der Waals surface area contributed by atoms with Crippen molar-refractivity contribution in [3.05, 3.63) is 34.9 Å². The van der Waals surface area contributed by atoms with Gasteiger partial charge >= 0.3 is 0 Å². The summed E-state index contributed by atoms with van der Waals surface area (Å²) in [6.45, 7) is 4.05. The van der Waals surface area contributed by atoms with Gasteiger partial charge in [0.1, 0.15) is 0 Å². The molecule has 1 amide bonds. The highest BCUT2D eigenvalue weighted by molar-refractivity contribution is 6.20. The number of nitrogens with zero attached hydrogens (tertiary/aromatic N) is 1. The molecule has 2 nitrogen and oxygen atoms in total. The largest absolute Gasteiger partial charge is 0.333 e. The highest BCUT2D eigenvalue weighted by Crippen LogP contribution is 2.38. The van der Waals surface area contributed by atoms with Gasteiger partial charge in [0.15, 0.2) is 0 Å². The second-order valence-corrected chi connectivity index (χ2v) is 6.60. The topological polar surface area (TPSA) is 20.3 Å². The van der Waals surface area contributed by atoms with E-state index in [4.69, 9.17) is 11.6 Å². The molecule has 2 fully saturated rings. The van der Waals surface area contributed by atoms with Gasteiger partial charge in [-0.05, 0) is 51.2 Å². The molecular weight excluding hydrogens is 258 g/mol. The monoisotopic (exact) mass is 277 g/mol. The summed E-state index contributed by atoms with van der Waals surface area (Å²) in [5, 5.41) is 0.250. The highest BCUT2D eigenvalue weighted by atomic mass is 35.5. The van der Waals surface area contributed by atoms with Crippen LogP contribution in [0.3, 0.4) is 0 Å². The summed E-state index contributed by atoms with van der Waals surface area (Å²) in [5.74, 6) is 0.206. The zero-order valence-corrected chi connectivity index (χ0v) is 12.3. The molecule has 19 heavy (non-hydrogen) atoms. The SMILES string of the molecule is Cc1ccc(C)c(C(=O)N2C3CCC2CC(Cl)C3)c1. The summed E-state index contributed by atoms with van der Waals surface area (Å²) < 4.78 is 0. The molecule has 1 aromatic carbocycles. The molecule has 2 heterocycles. The lowest BCUT2D eigenvalue weighted by Crippen LogP contribution is -2.47. The van der Waals surface area contributed by atoms with Gasteiger partial charge in [-0.3, -0.25) is 4.79 Å². The third-order valence-corrected chi connectivity index (χ3v) is 4.89. The Balaban J connectivity index is 1.90. The van der Waals surface area contributed by atoms with E-state index in [9.17, 15) is 4.79 Å². The van der Waals surface area contributed by atoms with Crippen molar-refractivity contribution in [2.75, 3.05) is 0 Å². The maximum Gasteiger partial charge on any atom is 0.254 e. The number of hydrogen-bond donors (Lipinski definition) is 0. The van der Waals surface area contributed by atoms with Crippen LogP contribution >= 0.6 is 11.6 Å². The van der Waals surface area contributed by atoms with Crippen LogP contribution in [0, 0.1) is 13.8 Å². The van der Waals surface area contributed by atoms with Gasteiger partial charge in [0.25, 0.3) is 5.91 Å². The Labute approximate surface area is 119 Å². The molecule has 2 aliphatic rings. The molecule has 102 valence electrons. The van der Waals surface area contributed by atoms with Crippen molar-refractivity contribution in [3.63, 3.8) is 0 Å². The molecule has 0 N–H and O–H groups in total.